The number of rotatable bonds is 3. The van der Waals surface area contributed by atoms with E-state index in [1.54, 1.807) is 24.1 Å². The van der Waals surface area contributed by atoms with Crippen LogP contribution in [0.1, 0.15) is 30.3 Å². The Kier molecular flexibility index (Phi) is 4.63. The van der Waals surface area contributed by atoms with Crippen LogP contribution in [0.2, 0.25) is 0 Å². The highest BCUT2D eigenvalue weighted by Gasteiger charge is 2.28. The van der Waals surface area contributed by atoms with Crippen molar-refractivity contribution < 1.29 is 14.3 Å². The molecular weight excluding hydrogens is 312 g/mol. The molecule has 1 fully saturated rings. The number of carbonyl (C=O) groups excluding carboxylic acids is 2. The van der Waals surface area contributed by atoms with Gasteiger partial charge in [0.25, 0.3) is 5.91 Å². The van der Waals surface area contributed by atoms with E-state index in [-0.39, 0.29) is 17.8 Å². The number of aromatic nitrogens is 1. The Bertz CT molecular complexity index is 464. The average molecular weight is 329 g/mol. The molecule has 1 saturated heterocycles. The SMILES string of the molecule is CCOC(=O)C1CCN(C(=O)c2cc(Br)c[nH]2)CC1. The zero-order valence-corrected chi connectivity index (χ0v) is 12.4. The number of likely N-dealkylation sites (tertiary alicyclic amines) is 1. The van der Waals surface area contributed by atoms with Crippen molar-refractivity contribution >= 4 is 27.8 Å². The Labute approximate surface area is 120 Å². The van der Waals surface area contributed by atoms with Gasteiger partial charge in [-0.1, -0.05) is 0 Å². The Hall–Kier alpha value is -1.30. The van der Waals surface area contributed by atoms with Crippen molar-refractivity contribution in [1.82, 2.24) is 9.88 Å². The maximum absolute atomic E-state index is 12.2. The molecule has 2 rings (SSSR count). The molecule has 6 heteroatoms. The van der Waals surface area contributed by atoms with Crippen LogP contribution in [-0.2, 0) is 9.53 Å². The van der Waals surface area contributed by atoms with E-state index in [2.05, 4.69) is 20.9 Å². The molecule has 0 spiro atoms. The van der Waals surface area contributed by atoms with Crippen molar-refractivity contribution in [2.75, 3.05) is 19.7 Å². The van der Waals surface area contributed by atoms with Crippen LogP contribution < -0.4 is 0 Å². The molecule has 2 heterocycles. The quantitative estimate of drug-likeness (QED) is 0.865. The molecule has 0 bridgehead atoms. The molecule has 1 aromatic heterocycles. The summed E-state index contributed by atoms with van der Waals surface area (Å²) in [5, 5.41) is 0. The molecule has 1 amide bonds. The summed E-state index contributed by atoms with van der Waals surface area (Å²) in [7, 11) is 0. The number of carbonyl (C=O) groups is 2. The maximum atomic E-state index is 12.2. The van der Waals surface area contributed by atoms with Crippen molar-refractivity contribution in [1.29, 1.82) is 0 Å². The number of piperidine rings is 1. The van der Waals surface area contributed by atoms with E-state index < -0.39 is 0 Å². The summed E-state index contributed by atoms with van der Waals surface area (Å²) in [6, 6.07) is 1.76. The molecule has 0 aliphatic carbocycles. The summed E-state index contributed by atoms with van der Waals surface area (Å²) in [6.45, 7) is 3.41. The zero-order chi connectivity index (χ0) is 13.8. The number of hydrogen-bond acceptors (Lipinski definition) is 3. The number of nitrogens with one attached hydrogen (secondary N) is 1. The molecule has 104 valence electrons. The number of halogens is 1. The Morgan fingerprint density at radius 1 is 1.47 bits per heavy atom. The number of amides is 1. The summed E-state index contributed by atoms with van der Waals surface area (Å²) in [4.78, 5) is 28.5. The van der Waals surface area contributed by atoms with Gasteiger partial charge in [-0.15, -0.1) is 0 Å². The molecule has 0 saturated carbocycles. The number of hydrogen-bond donors (Lipinski definition) is 1. The first-order valence-electron chi connectivity index (χ1n) is 6.41. The predicted octanol–water partition coefficient (Wildman–Crippen LogP) is 2.19. The number of esters is 1. The van der Waals surface area contributed by atoms with Crippen LogP contribution in [-0.4, -0.2) is 41.5 Å². The first-order chi connectivity index (χ1) is 9.11. The maximum Gasteiger partial charge on any atom is 0.309 e. The van der Waals surface area contributed by atoms with Crippen LogP contribution >= 0.6 is 15.9 Å². The molecule has 1 aliphatic heterocycles. The largest absolute Gasteiger partial charge is 0.466 e. The molecule has 19 heavy (non-hydrogen) atoms. The van der Waals surface area contributed by atoms with E-state index in [4.69, 9.17) is 4.74 Å². The molecule has 1 aromatic rings. The van der Waals surface area contributed by atoms with Crippen molar-refractivity contribution in [3.05, 3.63) is 22.4 Å². The second kappa shape index (κ2) is 6.23. The minimum atomic E-state index is -0.141. The molecule has 0 radical (unpaired) electrons. The van der Waals surface area contributed by atoms with Crippen molar-refractivity contribution in [2.24, 2.45) is 5.92 Å². The van der Waals surface area contributed by atoms with Crippen LogP contribution in [0.25, 0.3) is 0 Å². The third-order valence-electron chi connectivity index (χ3n) is 3.28. The molecule has 1 aliphatic rings. The van der Waals surface area contributed by atoms with Crippen molar-refractivity contribution in [3.8, 4) is 0 Å². The van der Waals surface area contributed by atoms with Gasteiger partial charge in [0, 0.05) is 23.8 Å². The van der Waals surface area contributed by atoms with Gasteiger partial charge in [-0.05, 0) is 41.8 Å². The minimum absolute atomic E-state index is 0.0204. The molecule has 0 atom stereocenters. The lowest BCUT2D eigenvalue weighted by molar-refractivity contribution is -0.149. The predicted molar refractivity (Wildman–Crippen MR) is 73.8 cm³/mol. The van der Waals surface area contributed by atoms with E-state index in [1.165, 1.54) is 0 Å². The fourth-order valence-electron chi connectivity index (χ4n) is 2.24. The van der Waals surface area contributed by atoms with Crippen LogP contribution in [0.3, 0.4) is 0 Å². The van der Waals surface area contributed by atoms with Gasteiger partial charge in [0.2, 0.25) is 0 Å². The number of nitrogens with zero attached hydrogens (tertiary/aromatic N) is 1. The van der Waals surface area contributed by atoms with Gasteiger partial charge < -0.3 is 14.6 Å². The summed E-state index contributed by atoms with van der Waals surface area (Å²) in [5.41, 5.74) is 0.571. The lowest BCUT2D eigenvalue weighted by Crippen LogP contribution is -2.40. The number of ether oxygens (including phenoxy) is 1. The van der Waals surface area contributed by atoms with Crippen LogP contribution in [0.5, 0.6) is 0 Å². The molecule has 0 aromatic carbocycles. The van der Waals surface area contributed by atoms with Gasteiger partial charge in [-0.3, -0.25) is 9.59 Å². The van der Waals surface area contributed by atoms with Crippen molar-refractivity contribution in [3.63, 3.8) is 0 Å². The van der Waals surface area contributed by atoms with E-state index in [9.17, 15) is 9.59 Å². The third kappa shape index (κ3) is 3.37. The van der Waals surface area contributed by atoms with E-state index in [1.807, 2.05) is 0 Å². The summed E-state index contributed by atoms with van der Waals surface area (Å²) in [5.74, 6) is -0.232. The van der Waals surface area contributed by atoms with Crippen LogP contribution in [0, 0.1) is 5.92 Å². The monoisotopic (exact) mass is 328 g/mol. The van der Waals surface area contributed by atoms with E-state index in [0.717, 1.165) is 4.47 Å². The smallest absolute Gasteiger partial charge is 0.309 e. The highest BCUT2D eigenvalue weighted by molar-refractivity contribution is 9.10. The molecule has 0 unspecified atom stereocenters. The average Bonchev–Trinajstić information content (AvgIpc) is 2.85. The first-order valence-corrected chi connectivity index (χ1v) is 7.21. The highest BCUT2D eigenvalue weighted by atomic mass is 79.9. The Morgan fingerprint density at radius 2 is 2.16 bits per heavy atom. The van der Waals surface area contributed by atoms with E-state index >= 15 is 0 Å². The van der Waals surface area contributed by atoms with Crippen LogP contribution in [0.15, 0.2) is 16.7 Å². The van der Waals surface area contributed by atoms with Crippen LogP contribution in [0.4, 0.5) is 0 Å². The van der Waals surface area contributed by atoms with Gasteiger partial charge in [-0.2, -0.15) is 0 Å². The normalized spacial score (nSPS) is 16.4. The summed E-state index contributed by atoms with van der Waals surface area (Å²) in [6.07, 6.45) is 3.08. The summed E-state index contributed by atoms with van der Waals surface area (Å²) >= 11 is 3.31. The highest BCUT2D eigenvalue weighted by Crippen LogP contribution is 2.21. The second-order valence-electron chi connectivity index (χ2n) is 4.55. The number of aromatic amines is 1. The Balaban J connectivity index is 1.89. The zero-order valence-electron chi connectivity index (χ0n) is 10.8. The standard InChI is InChI=1S/C13H17BrN2O3/c1-2-19-13(18)9-3-5-16(6-4-9)12(17)11-7-10(14)8-15-11/h7-9,15H,2-6H2,1H3. The summed E-state index contributed by atoms with van der Waals surface area (Å²) < 4.78 is 5.87. The van der Waals surface area contributed by atoms with Gasteiger partial charge in [0.1, 0.15) is 5.69 Å². The lowest BCUT2D eigenvalue weighted by Gasteiger charge is -2.30. The second-order valence-corrected chi connectivity index (χ2v) is 5.47. The van der Waals surface area contributed by atoms with E-state index in [0.29, 0.717) is 38.2 Å². The fraction of sp³-hybridized carbons (Fsp3) is 0.538. The third-order valence-corrected chi connectivity index (χ3v) is 3.74. The lowest BCUT2D eigenvalue weighted by atomic mass is 9.97. The van der Waals surface area contributed by atoms with Gasteiger partial charge in [0.15, 0.2) is 0 Å². The molecular formula is C13H17BrN2O3. The van der Waals surface area contributed by atoms with Gasteiger partial charge in [0.05, 0.1) is 12.5 Å². The Morgan fingerprint density at radius 3 is 2.68 bits per heavy atom. The van der Waals surface area contributed by atoms with Gasteiger partial charge >= 0.3 is 5.97 Å². The minimum Gasteiger partial charge on any atom is -0.466 e. The number of H-pyrrole nitrogens is 1. The van der Waals surface area contributed by atoms with Crippen molar-refractivity contribution in [2.45, 2.75) is 19.8 Å². The topological polar surface area (TPSA) is 62.4 Å². The van der Waals surface area contributed by atoms with Gasteiger partial charge in [-0.25, -0.2) is 0 Å². The molecule has 5 nitrogen and oxygen atoms in total. The first kappa shape index (κ1) is 14.1. The molecule has 1 N–H and O–H groups in total. The fourth-order valence-corrected chi connectivity index (χ4v) is 2.58.